The van der Waals surface area contributed by atoms with E-state index < -0.39 is 18.7 Å². The number of nitrogens with zero attached hydrogens (tertiary/aromatic N) is 12. The summed E-state index contributed by atoms with van der Waals surface area (Å²) in [4.78, 5) is 36.4. The fourth-order valence-electron chi connectivity index (χ4n) is 6.57. The van der Waals surface area contributed by atoms with Crippen LogP contribution in [0.15, 0.2) is 70.9 Å². The summed E-state index contributed by atoms with van der Waals surface area (Å²) in [6, 6.07) is 19.0. The maximum atomic E-state index is 13.8. The highest BCUT2D eigenvalue weighted by Crippen LogP contribution is 2.24. The van der Waals surface area contributed by atoms with Crippen molar-refractivity contribution in [2.45, 2.75) is 25.6 Å². The highest BCUT2D eigenvalue weighted by Gasteiger charge is 2.25. The van der Waals surface area contributed by atoms with Gasteiger partial charge in [-0.1, -0.05) is 53.1 Å². The highest BCUT2D eigenvalue weighted by atomic mass is 35.5. The molecule has 2 saturated heterocycles. The third kappa shape index (κ3) is 9.43. The van der Waals surface area contributed by atoms with Crippen molar-refractivity contribution in [3.63, 3.8) is 0 Å². The van der Waals surface area contributed by atoms with Crippen molar-refractivity contribution < 1.29 is 19.4 Å². The molecular formula is C37H41ClN16O4. The number of amides is 1. The fraction of sp³-hybridized carbons (Fsp3) is 0.351. The monoisotopic (exact) mass is 808 g/mol. The summed E-state index contributed by atoms with van der Waals surface area (Å²) in [7, 11) is 0. The minimum absolute atomic E-state index is 0.0902. The Bertz CT molecular complexity index is 2260. The molecule has 0 spiro atoms. The normalized spacial score (nSPS) is 16.7. The van der Waals surface area contributed by atoms with Crippen LogP contribution in [-0.2, 0) is 22.4 Å². The Morgan fingerprint density at radius 2 is 1.59 bits per heavy atom. The lowest BCUT2D eigenvalue weighted by Crippen LogP contribution is -2.39. The van der Waals surface area contributed by atoms with Gasteiger partial charge in [0.25, 0.3) is 5.91 Å². The number of carbonyl (C=O) groups excluding carboxylic acids is 1. The van der Waals surface area contributed by atoms with Crippen molar-refractivity contribution in [2.24, 2.45) is 10.2 Å². The van der Waals surface area contributed by atoms with Crippen LogP contribution in [0.25, 0.3) is 0 Å². The molecule has 0 saturated carbocycles. The Labute approximate surface area is 337 Å². The van der Waals surface area contributed by atoms with E-state index in [-0.39, 0.29) is 18.3 Å². The van der Waals surface area contributed by atoms with Gasteiger partial charge in [-0.15, -0.1) is 0 Å². The lowest BCUT2D eigenvalue weighted by molar-refractivity contribution is 0.0865. The van der Waals surface area contributed by atoms with Gasteiger partial charge >= 0.3 is 0 Å². The predicted molar refractivity (Wildman–Crippen MR) is 216 cm³/mol. The predicted octanol–water partition coefficient (Wildman–Crippen LogP) is 2.32. The molecule has 1 amide bonds. The molecule has 2 aliphatic heterocycles. The number of aliphatic hydroxyl groups is 1. The number of hydrazone groups is 2. The zero-order valence-corrected chi connectivity index (χ0v) is 32.1. The second-order valence-electron chi connectivity index (χ2n) is 13.4. The SMILES string of the molecule is O=C(NC(CO)n1nnnc1NCc1nc(NN=Cc2ccc(Cl)cc2)cc(N2CCOCC2)n1)c1nc(NN=C2CCc3ccccc32)cc(N2CCOCC2)n1. The molecule has 5 aromatic rings. The maximum absolute atomic E-state index is 13.8. The molecule has 8 rings (SSSR count). The zero-order valence-electron chi connectivity index (χ0n) is 31.3. The summed E-state index contributed by atoms with van der Waals surface area (Å²) in [6.45, 7) is 4.23. The van der Waals surface area contributed by atoms with Crippen molar-refractivity contribution in [1.82, 2.24) is 45.5 Å². The molecule has 5 heterocycles. The Balaban J connectivity index is 0.981. The van der Waals surface area contributed by atoms with E-state index in [1.54, 1.807) is 24.4 Å². The Kier molecular flexibility index (Phi) is 12.1. The number of hydrogen-bond donors (Lipinski definition) is 5. The van der Waals surface area contributed by atoms with Crippen LogP contribution >= 0.6 is 11.6 Å². The van der Waals surface area contributed by atoms with Crippen LogP contribution in [0.2, 0.25) is 5.02 Å². The molecule has 58 heavy (non-hydrogen) atoms. The third-order valence-electron chi connectivity index (χ3n) is 9.54. The van der Waals surface area contributed by atoms with Crippen LogP contribution in [-0.4, -0.2) is 122 Å². The smallest absolute Gasteiger partial charge is 0.290 e. The first kappa shape index (κ1) is 38.5. The molecule has 20 nitrogen and oxygen atoms in total. The first-order valence-corrected chi connectivity index (χ1v) is 19.2. The lowest BCUT2D eigenvalue weighted by atomic mass is 10.1. The molecule has 1 unspecified atom stereocenters. The summed E-state index contributed by atoms with van der Waals surface area (Å²) in [5.41, 5.74) is 10.1. The molecule has 3 aromatic heterocycles. The number of benzene rings is 2. The number of carbonyl (C=O) groups is 1. The topological polar surface area (TPSA) is 230 Å². The van der Waals surface area contributed by atoms with Crippen molar-refractivity contribution >= 4 is 58.7 Å². The number of aryl methyl sites for hydroxylation is 1. The largest absolute Gasteiger partial charge is 0.392 e. The summed E-state index contributed by atoms with van der Waals surface area (Å²) in [5.74, 6) is 1.79. The van der Waals surface area contributed by atoms with Gasteiger partial charge in [-0.3, -0.25) is 15.6 Å². The zero-order chi connectivity index (χ0) is 39.7. The third-order valence-corrected chi connectivity index (χ3v) is 9.79. The molecule has 5 N–H and O–H groups in total. The Hall–Kier alpha value is -6.35. The van der Waals surface area contributed by atoms with Crippen molar-refractivity contribution in [1.29, 1.82) is 0 Å². The van der Waals surface area contributed by atoms with E-state index in [9.17, 15) is 9.90 Å². The quantitative estimate of drug-likeness (QED) is 0.0801. The van der Waals surface area contributed by atoms with E-state index in [1.807, 2.05) is 41.3 Å². The second kappa shape index (κ2) is 18.3. The number of aromatic nitrogens is 8. The van der Waals surface area contributed by atoms with Gasteiger partial charge in [0.1, 0.15) is 11.6 Å². The first-order valence-electron chi connectivity index (χ1n) is 18.8. The van der Waals surface area contributed by atoms with Gasteiger partial charge in [-0.25, -0.2) is 19.9 Å². The number of halogens is 1. The number of morpholine rings is 2. The average molecular weight is 809 g/mol. The van der Waals surface area contributed by atoms with Gasteiger partial charge in [0, 0.05) is 48.9 Å². The maximum Gasteiger partial charge on any atom is 0.290 e. The van der Waals surface area contributed by atoms with Gasteiger partial charge in [0.15, 0.2) is 23.6 Å². The first-order chi connectivity index (χ1) is 28.5. The van der Waals surface area contributed by atoms with Crippen LogP contribution in [0, 0.1) is 0 Å². The van der Waals surface area contributed by atoms with Gasteiger partial charge in [-0.2, -0.15) is 14.9 Å². The average Bonchev–Trinajstić information content (AvgIpc) is 3.92. The van der Waals surface area contributed by atoms with Crippen LogP contribution in [0.3, 0.4) is 0 Å². The summed E-state index contributed by atoms with van der Waals surface area (Å²) in [5, 5.41) is 38.0. The highest BCUT2D eigenvalue weighted by molar-refractivity contribution is 6.30. The lowest BCUT2D eigenvalue weighted by Gasteiger charge is -2.28. The van der Waals surface area contributed by atoms with Gasteiger partial charge in [0.05, 0.1) is 51.5 Å². The molecule has 300 valence electrons. The fourth-order valence-corrected chi connectivity index (χ4v) is 6.70. The van der Waals surface area contributed by atoms with E-state index in [0.29, 0.717) is 86.7 Å². The van der Waals surface area contributed by atoms with Gasteiger partial charge in [-0.05, 0) is 46.5 Å². The van der Waals surface area contributed by atoms with Crippen molar-refractivity contribution in [3.05, 3.63) is 94.0 Å². The van der Waals surface area contributed by atoms with Crippen LogP contribution in [0.5, 0.6) is 0 Å². The number of ether oxygens (including phenoxy) is 2. The minimum atomic E-state index is -1.09. The standard InChI is InChI=1S/C37H41ClN16O4/c38-26-8-5-24(6-9-26)21-40-47-29-19-32(52-11-15-57-16-12-52)42-31(41-29)22-39-37-49-50-51-54(37)34(23-55)45-36(56)35-43-30(20-33(44-35)53-13-17-58-18-14-53)48-46-28-10-7-25-3-1-2-4-27(25)28/h1-6,8-9,19-21,34,55H,7,10-18,22-23H2,(H,45,56)(H,39,49,51)(H,41,42,47)(H,43,44,48). The van der Waals surface area contributed by atoms with Crippen molar-refractivity contribution in [2.75, 3.05) is 85.2 Å². The summed E-state index contributed by atoms with van der Waals surface area (Å²) >= 11 is 6.02. The van der Waals surface area contributed by atoms with Gasteiger partial charge < -0.3 is 35.0 Å². The number of aliphatic hydroxyl groups excluding tert-OH is 1. The number of nitrogens with one attached hydrogen (secondary N) is 4. The van der Waals surface area contributed by atoms with Crippen LogP contribution < -0.4 is 31.3 Å². The summed E-state index contributed by atoms with van der Waals surface area (Å²) in [6.07, 6.45) is 2.25. The van der Waals surface area contributed by atoms with E-state index in [1.165, 1.54) is 10.2 Å². The van der Waals surface area contributed by atoms with E-state index in [4.69, 9.17) is 26.1 Å². The van der Waals surface area contributed by atoms with Crippen LogP contribution in [0.4, 0.5) is 29.2 Å². The number of fused-ring (bicyclic) bond motifs is 1. The Morgan fingerprint density at radius 1 is 0.879 bits per heavy atom. The number of rotatable bonds is 14. The van der Waals surface area contributed by atoms with Gasteiger partial charge in [0.2, 0.25) is 11.8 Å². The summed E-state index contributed by atoms with van der Waals surface area (Å²) < 4.78 is 12.3. The van der Waals surface area contributed by atoms with E-state index in [0.717, 1.165) is 29.7 Å². The van der Waals surface area contributed by atoms with E-state index >= 15 is 0 Å². The molecule has 2 fully saturated rings. The second-order valence-corrected chi connectivity index (χ2v) is 13.8. The molecule has 3 aliphatic rings. The number of hydrogen-bond acceptors (Lipinski definition) is 18. The molecule has 0 radical (unpaired) electrons. The molecule has 0 bridgehead atoms. The van der Waals surface area contributed by atoms with Crippen LogP contribution in [0.1, 0.15) is 45.7 Å². The molecule has 2 aromatic carbocycles. The molecular weight excluding hydrogens is 768 g/mol. The Morgan fingerprint density at radius 3 is 2.33 bits per heavy atom. The van der Waals surface area contributed by atoms with E-state index in [2.05, 4.69) is 73.1 Å². The minimum Gasteiger partial charge on any atom is -0.392 e. The molecule has 1 aliphatic carbocycles. The molecule has 21 heteroatoms. The number of anilines is 5. The molecule has 1 atom stereocenters. The number of tetrazole rings is 1. The van der Waals surface area contributed by atoms with Crippen molar-refractivity contribution in [3.8, 4) is 0 Å².